The van der Waals surface area contributed by atoms with E-state index in [9.17, 15) is 4.21 Å². The van der Waals surface area contributed by atoms with Crippen LogP contribution in [0.15, 0.2) is 11.2 Å². The van der Waals surface area contributed by atoms with E-state index in [2.05, 4.69) is 5.32 Å². The SMILES string of the molecule is CCN(C)/C=C(\NC)S(C)=O. The van der Waals surface area contributed by atoms with Crippen LogP contribution in [0.25, 0.3) is 0 Å². The molecule has 1 N–H and O–H groups in total. The topological polar surface area (TPSA) is 32.3 Å². The molecule has 0 radical (unpaired) electrons. The van der Waals surface area contributed by atoms with Crippen LogP contribution in [-0.4, -0.2) is 36.0 Å². The van der Waals surface area contributed by atoms with Crippen LogP contribution in [0.2, 0.25) is 0 Å². The molecule has 3 nitrogen and oxygen atoms in total. The smallest absolute Gasteiger partial charge is 0.115 e. The molecule has 0 aromatic heterocycles. The first-order valence-corrected chi connectivity index (χ1v) is 5.10. The lowest BCUT2D eigenvalue weighted by molar-refractivity contribution is 0.480. The molecule has 0 bridgehead atoms. The Bertz CT molecular complexity index is 168. The van der Waals surface area contributed by atoms with E-state index in [4.69, 9.17) is 0 Å². The number of hydrogen-bond donors (Lipinski definition) is 1. The minimum Gasteiger partial charge on any atom is -0.380 e. The van der Waals surface area contributed by atoms with Gasteiger partial charge in [0.15, 0.2) is 0 Å². The summed E-state index contributed by atoms with van der Waals surface area (Å²) >= 11 is 0. The molecular weight excluding hydrogens is 160 g/mol. The van der Waals surface area contributed by atoms with E-state index in [1.54, 1.807) is 13.3 Å². The standard InChI is InChI=1S/C7H16N2OS/c1-5-9(3)6-7(8-2)11(4)10/h6,8H,5H2,1-4H3/b7-6+. The molecule has 0 spiro atoms. The highest BCUT2D eigenvalue weighted by Gasteiger charge is 1.98. The van der Waals surface area contributed by atoms with Gasteiger partial charge in [-0.3, -0.25) is 4.21 Å². The molecule has 0 fully saturated rings. The Morgan fingerprint density at radius 3 is 2.55 bits per heavy atom. The van der Waals surface area contributed by atoms with E-state index >= 15 is 0 Å². The van der Waals surface area contributed by atoms with Crippen molar-refractivity contribution in [2.45, 2.75) is 6.92 Å². The summed E-state index contributed by atoms with van der Waals surface area (Å²) in [7, 11) is 2.81. The maximum Gasteiger partial charge on any atom is 0.115 e. The monoisotopic (exact) mass is 176 g/mol. The van der Waals surface area contributed by atoms with E-state index in [-0.39, 0.29) is 0 Å². The van der Waals surface area contributed by atoms with Crippen LogP contribution in [0.5, 0.6) is 0 Å². The van der Waals surface area contributed by atoms with E-state index in [1.807, 2.05) is 25.1 Å². The van der Waals surface area contributed by atoms with Crippen molar-refractivity contribution in [3.63, 3.8) is 0 Å². The third-order valence-electron chi connectivity index (χ3n) is 1.39. The van der Waals surface area contributed by atoms with Gasteiger partial charge in [0.2, 0.25) is 0 Å². The minimum absolute atomic E-state index is 0.759. The van der Waals surface area contributed by atoms with Gasteiger partial charge in [0.1, 0.15) is 5.03 Å². The fourth-order valence-electron chi connectivity index (χ4n) is 0.574. The lowest BCUT2D eigenvalue weighted by Crippen LogP contribution is -2.17. The lowest BCUT2D eigenvalue weighted by Gasteiger charge is -2.12. The number of hydrogen-bond acceptors (Lipinski definition) is 3. The van der Waals surface area contributed by atoms with Gasteiger partial charge >= 0.3 is 0 Å². The van der Waals surface area contributed by atoms with Crippen molar-refractivity contribution >= 4 is 10.8 Å². The van der Waals surface area contributed by atoms with Crippen LogP contribution in [0, 0.1) is 0 Å². The summed E-state index contributed by atoms with van der Waals surface area (Å²) in [6.45, 7) is 2.96. The summed E-state index contributed by atoms with van der Waals surface area (Å²) in [4.78, 5) is 1.98. The van der Waals surface area contributed by atoms with E-state index in [0.29, 0.717) is 0 Å². The van der Waals surface area contributed by atoms with Crippen LogP contribution in [0.3, 0.4) is 0 Å². The molecule has 4 heteroatoms. The second-order valence-corrected chi connectivity index (χ2v) is 3.62. The molecule has 0 aromatic carbocycles. The first kappa shape index (κ1) is 10.5. The predicted octanol–water partition coefficient (Wildman–Crippen LogP) is 0.335. The van der Waals surface area contributed by atoms with Gasteiger partial charge in [0, 0.05) is 33.1 Å². The Morgan fingerprint density at radius 2 is 2.27 bits per heavy atom. The Morgan fingerprint density at radius 1 is 1.73 bits per heavy atom. The predicted molar refractivity (Wildman–Crippen MR) is 49.5 cm³/mol. The van der Waals surface area contributed by atoms with Crippen molar-refractivity contribution in [1.82, 2.24) is 10.2 Å². The minimum atomic E-state index is -0.917. The molecule has 1 atom stereocenters. The molecule has 0 amide bonds. The van der Waals surface area contributed by atoms with Crippen LogP contribution in [-0.2, 0) is 10.8 Å². The van der Waals surface area contributed by atoms with Gasteiger partial charge in [-0.1, -0.05) is 0 Å². The molecule has 66 valence electrons. The van der Waals surface area contributed by atoms with Gasteiger partial charge in [-0.2, -0.15) is 0 Å². The Kier molecular flexibility index (Phi) is 4.94. The zero-order valence-corrected chi connectivity index (χ0v) is 8.36. The highest BCUT2D eigenvalue weighted by molar-refractivity contribution is 7.88. The van der Waals surface area contributed by atoms with Crippen molar-refractivity contribution in [3.8, 4) is 0 Å². The van der Waals surface area contributed by atoms with E-state index < -0.39 is 10.8 Å². The summed E-state index contributed by atoms with van der Waals surface area (Å²) in [5, 5.41) is 3.64. The van der Waals surface area contributed by atoms with E-state index in [0.717, 1.165) is 11.6 Å². The fourth-order valence-corrected chi connectivity index (χ4v) is 1.19. The molecule has 0 aliphatic rings. The Balaban J connectivity index is 4.22. The molecule has 11 heavy (non-hydrogen) atoms. The van der Waals surface area contributed by atoms with Gasteiger partial charge < -0.3 is 10.2 Å². The summed E-state index contributed by atoms with van der Waals surface area (Å²) in [6, 6.07) is 0. The normalized spacial score (nSPS) is 14.4. The van der Waals surface area contributed by atoms with Gasteiger partial charge in [-0.05, 0) is 6.92 Å². The second-order valence-electron chi connectivity index (χ2n) is 2.27. The van der Waals surface area contributed by atoms with Crippen molar-refractivity contribution < 1.29 is 4.21 Å². The molecule has 0 aliphatic heterocycles. The second kappa shape index (κ2) is 5.18. The van der Waals surface area contributed by atoms with Gasteiger partial charge in [0.25, 0.3) is 0 Å². The fraction of sp³-hybridized carbons (Fsp3) is 0.714. The molecule has 0 aromatic rings. The molecule has 0 aliphatic carbocycles. The van der Waals surface area contributed by atoms with E-state index in [1.165, 1.54) is 0 Å². The summed E-state index contributed by atoms with van der Waals surface area (Å²) in [6.07, 6.45) is 3.52. The van der Waals surface area contributed by atoms with Crippen molar-refractivity contribution in [2.75, 3.05) is 26.9 Å². The average Bonchev–Trinajstić information content (AvgIpc) is 1.99. The third kappa shape index (κ3) is 4.03. The zero-order valence-electron chi connectivity index (χ0n) is 7.55. The largest absolute Gasteiger partial charge is 0.380 e. The summed E-state index contributed by atoms with van der Waals surface area (Å²) in [5.41, 5.74) is 0. The van der Waals surface area contributed by atoms with Crippen LogP contribution in [0.4, 0.5) is 0 Å². The molecular formula is C7H16N2OS. The summed E-state index contributed by atoms with van der Waals surface area (Å²) < 4.78 is 11.0. The Hall–Kier alpha value is -0.510. The highest BCUT2D eigenvalue weighted by Crippen LogP contribution is 1.95. The quantitative estimate of drug-likeness (QED) is 0.670. The van der Waals surface area contributed by atoms with Crippen molar-refractivity contribution in [3.05, 3.63) is 11.2 Å². The number of nitrogens with zero attached hydrogens (tertiary/aromatic N) is 1. The molecule has 0 saturated heterocycles. The number of nitrogens with one attached hydrogen (secondary N) is 1. The van der Waals surface area contributed by atoms with Gasteiger partial charge in [-0.25, -0.2) is 0 Å². The molecule has 0 saturated carbocycles. The van der Waals surface area contributed by atoms with Gasteiger partial charge in [-0.15, -0.1) is 0 Å². The van der Waals surface area contributed by atoms with Crippen LogP contribution >= 0.6 is 0 Å². The molecule has 1 unspecified atom stereocenters. The maximum atomic E-state index is 11.0. The van der Waals surface area contributed by atoms with Crippen molar-refractivity contribution in [2.24, 2.45) is 0 Å². The first-order valence-electron chi connectivity index (χ1n) is 3.55. The number of rotatable bonds is 4. The molecule has 0 heterocycles. The van der Waals surface area contributed by atoms with Gasteiger partial charge in [0.05, 0.1) is 10.8 Å². The van der Waals surface area contributed by atoms with Crippen LogP contribution in [0.1, 0.15) is 6.92 Å². The third-order valence-corrected chi connectivity index (χ3v) is 2.32. The Labute approximate surface area is 70.9 Å². The lowest BCUT2D eigenvalue weighted by atomic mass is 10.6. The maximum absolute atomic E-state index is 11.0. The average molecular weight is 176 g/mol. The zero-order chi connectivity index (χ0) is 8.85. The summed E-state index contributed by atoms with van der Waals surface area (Å²) in [5.74, 6) is 0. The molecule has 0 rings (SSSR count). The van der Waals surface area contributed by atoms with Crippen LogP contribution < -0.4 is 5.32 Å². The highest BCUT2D eigenvalue weighted by atomic mass is 32.2. The first-order chi connectivity index (χ1) is 5.11. The van der Waals surface area contributed by atoms with Crippen molar-refractivity contribution in [1.29, 1.82) is 0 Å².